The van der Waals surface area contributed by atoms with Gasteiger partial charge in [0.05, 0.1) is 10.5 Å². The fraction of sp³-hybridized carbons (Fsp3) is 0.0417. The van der Waals surface area contributed by atoms with Crippen LogP contribution in [0, 0.1) is 5.82 Å². The van der Waals surface area contributed by atoms with Crippen LogP contribution in [0.15, 0.2) is 79.6 Å². The van der Waals surface area contributed by atoms with Gasteiger partial charge in [-0.1, -0.05) is 30.3 Å². The summed E-state index contributed by atoms with van der Waals surface area (Å²) in [4.78, 5) is 45.8. The molecule has 0 bridgehead atoms. The normalized spacial score (nSPS) is 10.7. The van der Waals surface area contributed by atoms with E-state index in [2.05, 4.69) is 27.2 Å². The maximum Gasteiger partial charge on any atom is 0.247 e. The zero-order valence-corrected chi connectivity index (χ0v) is 20.5. The topological polar surface area (TPSA) is 162 Å². The number of carbonyl (C=O) groups is 1. The van der Waals surface area contributed by atoms with Gasteiger partial charge in [-0.25, -0.2) is 14.4 Å². The van der Waals surface area contributed by atoms with Gasteiger partial charge in [-0.3, -0.25) is 4.79 Å². The highest BCUT2D eigenvalue weighted by Crippen LogP contribution is 2.31. The third-order valence-electron chi connectivity index (χ3n) is 4.57. The molecule has 0 unspecified atom stereocenters. The van der Waals surface area contributed by atoms with Crippen LogP contribution in [0.3, 0.4) is 0 Å². The molecule has 1 aromatic heterocycles. The van der Waals surface area contributed by atoms with E-state index in [9.17, 15) is 9.18 Å². The summed E-state index contributed by atoms with van der Waals surface area (Å²) in [6, 6.07) is 16.7. The molecule has 0 spiro atoms. The van der Waals surface area contributed by atoms with Gasteiger partial charge in [0.2, 0.25) is 5.91 Å². The smallest absolute Gasteiger partial charge is 0.247 e. The van der Waals surface area contributed by atoms with E-state index in [1.165, 1.54) is 24.5 Å². The van der Waals surface area contributed by atoms with Crippen LogP contribution in [0.25, 0.3) is 10.9 Å². The van der Waals surface area contributed by atoms with Crippen molar-refractivity contribution in [2.24, 2.45) is 0 Å². The van der Waals surface area contributed by atoms with E-state index >= 15 is 0 Å². The summed E-state index contributed by atoms with van der Waals surface area (Å²) in [5.41, 5.74) is 2.70. The number of fused-ring (bicyclic) bond motifs is 1. The number of ether oxygens (including phenoxy) is 1. The second-order valence-corrected chi connectivity index (χ2v) is 8.59. The lowest BCUT2D eigenvalue weighted by Gasteiger charge is -2.36. The highest BCUT2D eigenvalue weighted by atomic mass is 35.5. The molecule has 0 aliphatic rings. The molecule has 1 heterocycles. The summed E-state index contributed by atoms with van der Waals surface area (Å²) in [6.45, 7) is 3.65. The van der Waals surface area contributed by atoms with E-state index in [-0.39, 0.29) is 18.3 Å². The Hall–Kier alpha value is -3.86. The number of rotatable bonds is 7. The van der Waals surface area contributed by atoms with Crippen molar-refractivity contribution >= 4 is 53.4 Å². The summed E-state index contributed by atoms with van der Waals surface area (Å²) in [5.74, 6) is 0.398. The Kier molecular flexibility index (Phi) is 9.29. The first-order valence-electron chi connectivity index (χ1n) is 10.4. The van der Waals surface area contributed by atoms with Gasteiger partial charge in [-0.05, 0) is 60.2 Å². The summed E-state index contributed by atoms with van der Waals surface area (Å²) in [5, 5.41) is 7.05. The van der Waals surface area contributed by atoms with E-state index in [1.807, 2.05) is 0 Å². The molecule has 0 saturated heterocycles. The lowest BCUT2D eigenvalue weighted by Crippen LogP contribution is -2.24. The van der Waals surface area contributed by atoms with Crippen LogP contribution in [0.4, 0.5) is 21.6 Å². The maximum atomic E-state index is 13.3. The minimum atomic E-state index is -5.39. The Morgan fingerprint density at radius 1 is 1.08 bits per heavy atom. The quantitative estimate of drug-likeness (QED) is 0.263. The lowest BCUT2D eigenvalue weighted by atomic mass is 10.2. The molecule has 10 nitrogen and oxygen atoms in total. The fourth-order valence-corrected chi connectivity index (χ4v) is 3.28. The third-order valence-corrected chi connectivity index (χ3v) is 4.86. The summed E-state index contributed by atoms with van der Waals surface area (Å²) in [6.07, 6.45) is 2.65. The molecule has 192 valence electrons. The van der Waals surface area contributed by atoms with Crippen LogP contribution in [0.2, 0.25) is 5.02 Å². The molecule has 2 N–H and O–H groups in total. The van der Waals surface area contributed by atoms with Crippen LogP contribution >= 0.6 is 19.4 Å². The number of hydrogen-bond donors (Lipinski definition) is 2. The predicted molar refractivity (Wildman–Crippen MR) is 131 cm³/mol. The molecule has 0 atom stereocenters. The number of aromatic nitrogens is 2. The van der Waals surface area contributed by atoms with Crippen LogP contribution < -0.4 is 30.1 Å². The van der Waals surface area contributed by atoms with Gasteiger partial charge in [0, 0.05) is 16.8 Å². The molecule has 0 radical (unpaired) electrons. The molecule has 0 aliphatic carbocycles. The van der Waals surface area contributed by atoms with Gasteiger partial charge < -0.3 is 34.6 Å². The number of carbonyl (C=O) groups excluding carboxylic acids is 1. The highest BCUT2D eigenvalue weighted by molar-refractivity contribution is 7.40. The van der Waals surface area contributed by atoms with Crippen molar-refractivity contribution in [3.8, 4) is 5.75 Å². The van der Waals surface area contributed by atoms with Crippen molar-refractivity contribution < 1.29 is 33.2 Å². The van der Waals surface area contributed by atoms with Crippen LogP contribution in [0.5, 0.6) is 5.75 Å². The largest absolute Gasteiger partial charge is 0.822 e. The molecule has 4 rings (SSSR count). The molecule has 0 aliphatic heterocycles. The highest BCUT2D eigenvalue weighted by Gasteiger charge is 2.09. The monoisotopic (exact) mass is 543 g/mol. The zero-order chi connectivity index (χ0) is 27.0. The van der Waals surface area contributed by atoms with E-state index in [0.717, 1.165) is 5.39 Å². The predicted octanol–water partition coefficient (Wildman–Crippen LogP) is 3.04. The van der Waals surface area contributed by atoms with Gasteiger partial charge in [0.15, 0.2) is 0 Å². The Morgan fingerprint density at radius 2 is 1.81 bits per heavy atom. The standard InChI is InChI=1S/C24H18ClFN4O2.H3O4P/c1-2-23(31)29-17-6-8-21-19(11-17)24(28-14-27-21)30-18-7-9-22(20(25)12-18)32-13-15-4-3-5-16(26)10-15;1-5(2,3)4/h2-12,14H,1,13H2,(H,29,31)(H,27,28,30);(H3,1,2,3,4)/p-3. The molecule has 37 heavy (non-hydrogen) atoms. The fourth-order valence-electron chi connectivity index (χ4n) is 3.05. The van der Waals surface area contributed by atoms with E-state index < -0.39 is 7.82 Å². The van der Waals surface area contributed by atoms with Gasteiger partial charge in [-0.2, -0.15) is 7.82 Å². The van der Waals surface area contributed by atoms with Crippen molar-refractivity contribution in [1.82, 2.24) is 9.97 Å². The molecule has 3 aromatic carbocycles. The van der Waals surface area contributed by atoms with Crippen molar-refractivity contribution in [3.63, 3.8) is 0 Å². The number of phosphoric acid groups is 1. The number of nitrogens with zero attached hydrogens (tertiary/aromatic N) is 2. The van der Waals surface area contributed by atoms with E-state index in [0.29, 0.717) is 39.0 Å². The summed E-state index contributed by atoms with van der Waals surface area (Å²) in [7, 11) is -5.39. The van der Waals surface area contributed by atoms with Crippen molar-refractivity contribution in [1.29, 1.82) is 0 Å². The Balaban J connectivity index is 0.000000695. The SMILES string of the molecule is C=CC(=O)Nc1ccc2ncnc(Nc3ccc(OCc4cccc(F)c4)c(Cl)c3)c2c1.O=P([O-])([O-])[O-]. The number of halogens is 2. The Labute approximate surface area is 215 Å². The minimum absolute atomic E-state index is 0.194. The first kappa shape index (κ1) is 27.7. The summed E-state index contributed by atoms with van der Waals surface area (Å²) < 4.78 is 27.6. The van der Waals surface area contributed by atoms with Gasteiger partial charge >= 0.3 is 0 Å². The van der Waals surface area contributed by atoms with Crippen molar-refractivity contribution in [2.45, 2.75) is 6.61 Å². The average Bonchev–Trinajstić information content (AvgIpc) is 2.83. The van der Waals surface area contributed by atoms with Crippen molar-refractivity contribution in [3.05, 3.63) is 96.0 Å². The first-order chi connectivity index (χ1) is 17.5. The lowest BCUT2D eigenvalue weighted by molar-refractivity contribution is -0.432. The van der Waals surface area contributed by atoms with E-state index in [1.54, 1.807) is 48.5 Å². The second-order valence-electron chi connectivity index (χ2n) is 7.28. The minimum Gasteiger partial charge on any atom is -0.822 e. The first-order valence-corrected chi connectivity index (χ1v) is 12.2. The van der Waals surface area contributed by atoms with Gasteiger partial charge in [-0.15, -0.1) is 0 Å². The molecule has 0 saturated carbocycles. The molecular formula is C24H18ClFN4O6P-3. The van der Waals surface area contributed by atoms with Crippen LogP contribution in [-0.4, -0.2) is 15.9 Å². The van der Waals surface area contributed by atoms with Gasteiger partial charge in [0.1, 0.15) is 30.3 Å². The zero-order valence-electron chi connectivity index (χ0n) is 18.9. The molecule has 4 aromatic rings. The summed E-state index contributed by atoms with van der Waals surface area (Å²) >= 11 is 6.38. The molecule has 0 fully saturated rings. The molecule has 1 amide bonds. The number of nitrogens with one attached hydrogen (secondary N) is 2. The number of benzene rings is 3. The van der Waals surface area contributed by atoms with Gasteiger partial charge in [0.25, 0.3) is 0 Å². The number of anilines is 3. The number of amides is 1. The Bertz CT molecular complexity index is 1470. The Morgan fingerprint density at radius 3 is 2.49 bits per heavy atom. The van der Waals surface area contributed by atoms with E-state index in [4.69, 9.17) is 35.6 Å². The second kappa shape index (κ2) is 12.4. The van der Waals surface area contributed by atoms with Crippen molar-refractivity contribution in [2.75, 3.05) is 10.6 Å². The van der Waals surface area contributed by atoms with Crippen LogP contribution in [0.1, 0.15) is 5.56 Å². The molecule has 13 heteroatoms. The maximum absolute atomic E-state index is 13.3. The number of hydrogen-bond acceptors (Lipinski definition) is 9. The molecular weight excluding hydrogens is 526 g/mol. The third kappa shape index (κ3) is 8.94. The van der Waals surface area contributed by atoms with Crippen LogP contribution in [-0.2, 0) is 16.0 Å². The average molecular weight is 544 g/mol.